The molecule has 0 N–H and O–H groups in total. The van der Waals surface area contributed by atoms with Gasteiger partial charge in [-0.25, -0.2) is 0 Å². The molecule has 5 nitrogen and oxygen atoms in total. The molecule has 6 heteroatoms. The molecule has 1 atom stereocenters. The summed E-state index contributed by atoms with van der Waals surface area (Å²) in [7, 11) is 0. The van der Waals surface area contributed by atoms with Crippen molar-refractivity contribution in [2.24, 2.45) is 5.11 Å². The van der Waals surface area contributed by atoms with Gasteiger partial charge in [0.2, 0.25) is 5.91 Å². The number of hydrogen-bond donors (Lipinski definition) is 0. The second kappa shape index (κ2) is 2.73. The molecule has 2 heterocycles. The lowest BCUT2D eigenvalue weighted by Crippen LogP contribution is -2.48. The number of hydrogen-bond acceptors (Lipinski definition) is 3. The minimum Gasteiger partial charge on any atom is -0.306 e. The van der Waals surface area contributed by atoms with Crippen LogP contribution in [-0.2, 0) is 4.79 Å². The van der Waals surface area contributed by atoms with Crippen LogP contribution in [0.5, 0.6) is 0 Å². The highest BCUT2D eigenvalue weighted by atomic mass is 32.2. The summed E-state index contributed by atoms with van der Waals surface area (Å²) >= 11 is 1.64. The molecule has 62 valence electrons. The Morgan fingerprint density at radius 3 is 3.33 bits per heavy atom. The number of fused-ring (bicyclic) bond motifs is 1. The molecular formula is C6H6N4OS. The standard InChI is InChI=1S/C6H6N4OS/c7-9-8-4-2-10-5(11)1-6(10)12-3-4/h2,6H,1,3H2/t6-/m1/s1. The summed E-state index contributed by atoms with van der Waals surface area (Å²) in [5.41, 5.74) is 8.79. The summed E-state index contributed by atoms with van der Waals surface area (Å²) in [6.45, 7) is 0. The minimum atomic E-state index is 0.109. The average Bonchev–Trinajstić information content (AvgIpc) is 2.07. The second-order valence-electron chi connectivity index (χ2n) is 2.58. The van der Waals surface area contributed by atoms with Gasteiger partial charge < -0.3 is 4.90 Å². The van der Waals surface area contributed by atoms with E-state index in [0.29, 0.717) is 17.9 Å². The van der Waals surface area contributed by atoms with Gasteiger partial charge in [0.05, 0.1) is 11.8 Å². The van der Waals surface area contributed by atoms with E-state index in [1.165, 1.54) is 0 Å². The van der Waals surface area contributed by atoms with E-state index in [1.54, 1.807) is 22.9 Å². The molecule has 0 unspecified atom stereocenters. The number of carbonyl (C=O) groups excluding carboxylic acids is 1. The second-order valence-corrected chi connectivity index (χ2v) is 3.75. The van der Waals surface area contributed by atoms with Crippen LogP contribution < -0.4 is 0 Å². The van der Waals surface area contributed by atoms with Crippen LogP contribution in [-0.4, -0.2) is 21.9 Å². The first kappa shape index (κ1) is 7.52. The van der Waals surface area contributed by atoms with Crippen molar-refractivity contribution in [3.05, 3.63) is 22.3 Å². The predicted octanol–water partition coefficient (Wildman–Crippen LogP) is 1.44. The number of amides is 1. The molecule has 0 saturated carbocycles. The highest BCUT2D eigenvalue weighted by Gasteiger charge is 2.37. The monoisotopic (exact) mass is 182 g/mol. The Hall–Kier alpha value is -1.13. The molecule has 2 rings (SSSR count). The van der Waals surface area contributed by atoms with Gasteiger partial charge in [-0.2, -0.15) is 0 Å². The average molecular weight is 182 g/mol. The third-order valence-electron chi connectivity index (χ3n) is 1.83. The van der Waals surface area contributed by atoms with Crippen molar-refractivity contribution in [1.29, 1.82) is 0 Å². The maximum Gasteiger partial charge on any atom is 0.230 e. The molecule has 0 aromatic rings. The Balaban J connectivity index is 2.18. The minimum absolute atomic E-state index is 0.109. The molecule has 0 radical (unpaired) electrons. The third kappa shape index (κ3) is 1.05. The van der Waals surface area contributed by atoms with E-state index in [2.05, 4.69) is 10.0 Å². The fourth-order valence-electron chi connectivity index (χ4n) is 1.19. The Bertz CT molecular complexity index is 307. The zero-order valence-electron chi connectivity index (χ0n) is 6.17. The van der Waals surface area contributed by atoms with Crippen molar-refractivity contribution in [3.8, 4) is 0 Å². The molecule has 1 amide bonds. The lowest BCUT2D eigenvalue weighted by Gasteiger charge is -2.40. The van der Waals surface area contributed by atoms with Crippen LogP contribution in [0.2, 0.25) is 0 Å². The summed E-state index contributed by atoms with van der Waals surface area (Å²) in [5, 5.41) is 3.75. The van der Waals surface area contributed by atoms with Gasteiger partial charge in [-0.15, -0.1) is 11.8 Å². The van der Waals surface area contributed by atoms with Gasteiger partial charge in [-0.3, -0.25) is 4.79 Å². The van der Waals surface area contributed by atoms with Crippen LogP contribution in [0.3, 0.4) is 0 Å². The Morgan fingerprint density at radius 2 is 2.67 bits per heavy atom. The molecule has 0 aliphatic carbocycles. The fourth-order valence-corrected chi connectivity index (χ4v) is 2.28. The van der Waals surface area contributed by atoms with E-state index >= 15 is 0 Å². The number of carbonyl (C=O) groups is 1. The normalized spacial score (nSPS) is 26.7. The van der Waals surface area contributed by atoms with Crippen molar-refractivity contribution < 1.29 is 4.79 Å². The third-order valence-corrected chi connectivity index (χ3v) is 3.07. The summed E-state index contributed by atoms with van der Waals surface area (Å²) in [6, 6.07) is 0. The van der Waals surface area contributed by atoms with Gasteiger partial charge in [0.25, 0.3) is 0 Å². The Kier molecular flexibility index (Phi) is 1.71. The lowest BCUT2D eigenvalue weighted by atomic mass is 10.2. The van der Waals surface area contributed by atoms with Crippen molar-refractivity contribution in [2.75, 3.05) is 5.75 Å². The molecule has 1 fully saturated rings. The number of β-lactam (4-membered cyclic amide) rings is 1. The van der Waals surface area contributed by atoms with Gasteiger partial charge in [0, 0.05) is 22.6 Å². The van der Waals surface area contributed by atoms with Crippen LogP contribution in [0.4, 0.5) is 0 Å². The van der Waals surface area contributed by atoms with Crippen molar-refractivity contribution >= 4 is 17.7 Å². The summed E-state index contributed by atoms with van der Waals surface area (Å²) in [5.74, 6) is 0.816. The quantitative estimate of drug-likeness (QED) is 0.266. The Labute approximate surface area is 73.0 Å². The van der Waals surface area contributed by atoms with Crippen LogP contribution in [0.1, 0.15) is 6.42 Å². The van der Waals surface area contributed by atoms with Crippen molar-refractivity contribution in [2.45, 2.75) is 11.8 Å². The number of rotatable bonds is 1. The predicted molar refractivity (Wildman–Crippen MR) is 44.9 cm³/mol. The van der Waals surface area contributed by atoms with E-state index in [4.69, 9.17) is 5.53 Å². The van der Waals surface area contributed by atoms with Crippen molar-refractivity contribution in [1.82, 2.24) is 4.90 Å². The summed E-state index contributed by atoms with van der Waals surface area (Å²) < 4.78 is 0. The number of nitrogens with zero attached hydrogens (tertiary/aromatic N) is 4. The Morgan fingerprint density at radius 1 is 1.83 bits per heavy atom. The molecule has 0 aromatic carbocycles. The maximum atomic E-state index is 10.9. The molecule has 1 saturated heterocycles. The summed E-state index contributed by atoms with van der Waals surface area (Å²) in [6.07, 6.45) is 2.26. The van der Waals surface area contributed by atoms with Gasteiger partial charge in [0.15, 0.2) is 0 Å². The molecule has 2 aliphatic rings. The summed E-state index contributed by atoms with van der Waals surface area (Å²) in [4.78, 5) is 15.2. The van der Waals surface area contributed by atoms with Crippen molar-refractivity contribution in [3.63, 3.8) is 0 Å². The molecule has 12 heavy (non-hydrogen) atoms. The zero-order chi connectivity index (χ0) is 8.55. The van der Waals surface area contributed by atoms with E-state index in [1.807, 2.05) is 0 Å². The smallest absolute Gasteiger partial charge is 0.230 e. The van der Waals surface area contributed by atoms with E-state index in [0.717, 1.165) is 0 Å². The fraction of sp³-hybridized carbons (Fsp3) is 0.500. The highest BCUT2D eigenvalue weighted by molar-refractivity contribution is 8.00. The zero-order valence-corrected chi connectivity index (χ0v) is 6.99. The van der Waals surface area contributed by atoms with E-state index in [-0.39, 0.29) is 11.3 Å². The van der Waals surface area contributed by atoms with Gasteiger partial charge in [-0.05, 0) is 5.53 Å². The van der Waals surface area contributed by atoms with Crippen LogP contribution in [0.15, 0.2) is 17.0 Å². The van der Waals surface area contributed by atoms with Crippen LogP contribution in [0.25, 0.3) is 10.4 Å². The van der Waals surface area contributed by atoms with Crippen LogP contribution >= 0.6 is 11.8 Å². The highest BCUT2D eigenvalue weighted by Crippen LogP contribution is 2.35. The van der Waals surface area contributed by atoms with E-state index < -0.39 is 0 Å². The topological polar surface area (TPSA) is 69.1 Å². The molecular weight excluding hydrogens is 176 g/mol. The van der Waals surface area contributed by atoms with Crippen LogP contribution in [0, 0.1) is 0 Å². The lowest BCUT2D eigenvalue weighted by molar-refractivity contribution is -0.137. The molecule has 2 aliphatic heterocycles. The van der Waals surface area contributed by atoms with Gasteiger partial charge >= 0.3 is 0 Å². The molecule has 0 bridgehead atoms. The number of azide groups is 1. The largest absolute Gasteiger partial charge is 0.306 e. The maximum absolute atomic E-state index is 10.9. The molecule has 0 aromatic heterocycles. The van der Waals surface area contributed by atoms with Gasteiger partial charge in [-0.1, -0.05) is 5.11 Å². The van der Waals surface area contributed by atoms with E-state index in [9.17, 15) is 4.79 Å². The first-order valence-corrected chi connectivity index (χ1v) is 4.54. The first-order valence-electron chi connectivity index (χ1n) is 3.50. The molecule has 0 spiro atoms. The number of thioether (sulfide) groups is 1. The first-order chi connectivity index (χ1) is 5.81. The van der Waals surface area contributed by atoms with Gasteiger partial charge in [0.1, 0.15) is 0 Å². The SMILES string of the molecule is [N-]=[N+]=NC1=CN2C(=O)C[C@H]2SC1.